The van der Waals surface area contributed by atoms with Crippen LogP contribution in [-0.2, 0) is 81.7 Å². The monoisotopic (exact) mass is 374 g/mol. The van der Waals surface area contributed by atoms with Gasteiger partial charge in [-0.25, -0.2) is 9.59 Å². The van der Waals surface area contributed by atoms with Crippen molar-refractivity contribution in [3.8, 4) is 0 Å². The molecule has 82 valence electrons. The van der Waals surface area contributed by atoms with Crippen molar-refractivity contribution in [3.63, 3.8) is 0 Å². The van der Waals surface area contributed by atoms with Crippen LogP contribution in [0.15, 0.2) is 0 Å². The average Bonchev–Trinajstić information content (AvgIpc) is 1.36. The van der Waals surface area contributed by atoms with Gasteiger partial charge in [-0.15, -0.1) is 0 Å². The molecule has 0 fully saturated rings. The molecule has 0 aliphatic carbocycles. The van der Waals surface area contributed by atoms with Crippen LogP contribution in [0.25, 0.3) is 0 Å². The van der Waals surface area contributed by atoms with Gasteiger partial charge in [0.2, 0.25) is 0 Å². The summed E-state index contributed by atoms with van der Waals surface area (Å²) >= 11 is 0. The van der Waals surface area contributed by atoms with E-state index in [-0.39, 0.29) is 77.6 Å². The van der Waals surface area contributed by atoms with Crippen LogP contribution in [-0.4, -0.2) is 27.6 Å². The van der Waals surface area contributed by atoms with Crippen LogP contribution in [0.4, 0.5) is 0 Å². The minimum absolute atomic E-state index is 0. The van der Waals surface area contributed by atoms with Crippen molar-refractivity contribution >= 4 is 11.9 Å². The zero-order valence-corrected chi connectivity index (χ0v) is 10.5. The summed E-state index contributed by atoms with van der Waals surface area (Å²) in [5.41, 5.74) is 0. The van der Waals surface area contributed by atoms with Gasteiger partial charge in [-0.1, -0.05) is 0 Å². The summed E-state index contributed by atoms with van der Waals surface area (Å²) < 4.78 is 0. The fraction of sp³-hybridized carbons (Fsp3) is 0. The number of carbonyl (C=O) groups is 2. The first kappa shape index (κ1) is 91.8. The molecule has 12 heteroatoms. The predicted molar refractivity (Wildman–Crippen MR) is 22.3 cm³/mol. The number of carboxylic acid groups (broad SMARTS) is 2. The van der Waals surface area contributed by atoms with Crippen LogP contribution in [0.1, 0.15) is 0 Å². The van der Waals surface area contributed by atoms with E-state index in [1.165, 1.54) is 0 Å². The molecule has 0 rings (SSSR count). The van der Waals surface area contributed by atoms with Gasteiger partial charge in [0.15, 0.2) is 0 Å². The van der Waals surface area contributed by atoms with Gasteiger partial charge in [0.25, 0.3) is 0 Å². The van der Waals surface area contributed by atoms with E-state index in [4.69, 9.17) is 19.8 Å². The quantitative estimate of drug-likeness (QED) is 0.351. The molecule has 14 heavy (non-hydrogen) atoms. The Morgan fingerprint density at radius 1 is 0.643 bits per heavy atom. The van der Waals surface area contributed by atoms with Crippen molar-refractivity contribution in [2.45, 2.75) is 0 Å². The maximum atomic E-state index is 9.10. The molecule has 0 aliphatic heterocycles. The number of hydrogen-bond donors (Lipinski definition) is 2. The fourth-order valence-corrected chi connectivity index (χ4v) is 0. The summed E-state index contributed by atoms with van der Waals surface area (Å²) in [4.78, 5) is 18.2. The first-order valence-electron chi connectivity index (χ1n) is 1.11. The van der Waals surface area contributed by atoms with E-state index in [1.54, 1.807) is 0 Å². The molecule has 0 bridgehead atoms. The van der Waals surface area contributed by atoms with Crippen LogP contribution in [0.3, 0.4) is 0 Å². The van der Waals surface area contributed by atoms with Crippen molar-refractivity contribution in [3.05, 3.63) is 0 Å². The van der Waals surface area contributed by atoms with Crippen molar-refractivity contribution in [1.82, 2.24) is 0 Å². The number of aliphatic carboxylic acids is 2. The molecular formula is C2H4Nb2O10. The molecule has 0 aromatic heterocycles. The Bertz CT molecular complexity index is 82.1. The van der Waals surface area contributed by atoms with Crippen LogP contribution in [0, 0.1) is 0 Å². The third-order valence-electron chi connectivity index (χ3n) is 0.183. The summed E-state index contributed by atoms with van der Waals surface area (Å²) in [6, 6.07) is 0. The molecule has 0 radical (unpaired) electrons. The topological polar surface area (TPSA) is 249 Å². The van der Waals surface area contributed by atoms with E-state index < -0.39 is 11.9 Å². The molecule has 0 aromatic carbocycles. The van der Waals surface area contributed by atoms with E-state index in [0.717, 1.165) is 0 Å². The maximum absolute atomic E-state index is 9.10. The third kappa shape index (κ3) is 87.1. The molecule has 0 aliphatic rings. The second-order valence-electron chi connectivity index (χ2n) is 0.610. The first-order chi connectivity index (χ1) is 2.64. The predicted octanol–water partition coefficient (Wildman–Crippen LogP) is -2.27. The van der Waals surface area contributed by atoms with Gasteiger partial charge < -0.3 is 43.1 Å². The number of carboxylic acids is 2. The Morgan fingerprint density at radius 3 is 0.714 bits per heavy atom. The molecule has 0 unspecified atom stereocenters. The van der Waals surface area contributed by atoms with Crippen molar-refractivity contribution in [2.75, 3.05) is 0 Å². The Morgan fingerprint density at radius 2 is 0.714 bits per heavy atom. The Hall–Kier alpha value is 0.181. The van der Waals surface area contributed by atoms with E-state index in [9.17, 15) is 0 Å². The van der Waals surface area contributed by atoms with Gasteiger partial charge in [0.1, 0.15) is 0 Å². The first-order valence-corrected chi connectivity index (χ1v) is 1.11. The molecule has 0 amide bonds. The second-order valence-corrected chi connectivity index (χ2v) is 0.610. The van der Waals surface area contributed by atoms with Gasteiger partial charge in [-0.05, 0) is 0 Å². The maximum Gasteiger partial charge on any atom is 5.00 e. The van der Waals surface area contributed by atoms with Crippen LogP contribution in [0.5, 0.6) is 0 Å². The molecule has 4 N–H and O–H groups in total. The van der Waals surface area contributed by atoms with Crippen molar-refractivity contribution in [1.29, 1.82) is 0 Å². The summed E-state index contributed by atoms with van der Waals surface area (Å²) in [6.07, 6.45) is 0. The summed E-state index contributed by atoms with van der Waals surface area (Å²) in [6.45, 7) is 0. The molecule has 0 saturated carbocycles. The molecule has 0 heterocycles. The standard InChI is InChI=1S/C2H2O4.2Nb.H2O.5O/c3-1(4)2(5)6;;;;;;;;/h(H,3,4)(H,5,6);;;1H2;;;;;/q;2*+5;;5*-2. The summed E-state index contributed by atoms with van der Waals surface area (Å²) in [7, 11) is 0. The van der Waals surface area contributed by atoms with Gasteiger partial charge in [-0.3, -0.25) is 0 Å². The van der Waals surface area contributed by atoms with Crippen LogP contribution in [0.2, 0.25) is 0 Å². The van der Waals surface area contributed by atoms with Crippen molar-refractivity contribution < 1.29 is 97.4 Å². The summed E-state index contributed by atoms with van der Waals surface area (Å²) in [5, 5.41) is 14.8. The van der Waals surface area contributed by atoms with E-state index in [2.05, 4.69) is 0 Å². The van der Waals surface area contributed by atoms with E-state index in [0.29, 0.717) is 0 Å². The fourth-order valence-electron chi connectivity index (χ4n) is 0. The zero-order chi connectivity index (χ0) is 5.15. The molecule has 0 aromatic rings. The largest absolute Gasteiger partial charge is 5.00 e. The normalized spacial score (nSPS) is 3.14. The Balaban J connectivity index is -0.00000000446. The number of rotatable bonds is 0. The third-order valence-corrected chi connectivity index (χ3v) is 0.183. The SMILES string of the molecule is O.O=C(O)C(=O)O.[Nb+5].[Nb+5].[O-2].[O-2].[O-2].[O-2].[O-2]. The molecule has 10 nitrogen and oxygen atoms in total. The Kier molecular flexibility index (Phi) is 336. The zero-order valence-electron chi connectivity index (χ0n) is 6.15. The smallest absolute Gasteiger partial charge is 2.00 e. The summed E-state index contributed by atoms with van der Waals surface area (Å²) in [5.74, 6) is -3.65. The van der Waals surface area contributed by atoms with Gasteiger partial charge in [-0.2, -0.15) is 0 Å². The Labute approximate surface area is 109 Å². The van der Waals surface area contributed by atoms with E-state index >= 15 is 0 Å². The van der Waals surface area contributed by atoms with Gasteiger partial charge >= 0.3 is 56.7 Å². The molecular weight excluding hydrogens is 370 g/mol. The van der Waals surface area contributed by atoms with Crippen LogP contribution < -0.4 is 0 Å². The molecule has 0 spiro atoms. The van der Waals surface area contributed by atoms with Gasteiger partial charge in [0.05, 0.1) is 0 Å². The second kappa shape index (κ2) is 51.2. The minimum atomic E-state index is -1.82. The number of hydrogen-bond acceptors (Lipinski definition) is 2. The van der Waals surface area contributed by atoms with E-state index in [1.807, 2.05) is 0 Å². The molecule has 0 atom stereocenters. The van der Waals surface area contributed by atoms with Crippen LogP contribution >= 0.6 is 0 Å². The van der Waals surface area contributed by atoms with Crippen molar-refractivity contribution in [2.24, 2.45) is 0 Å². The minimum Gasteiger partial charge on any atom is -2.00 e. The molecule has 0 saturated heterocycles. The average molecular weight is 374 g/mol. The van der Waals surface area contributed by atoms with Gasteiger partial charge in [0, 0.05) is 0 Å².